The number of allylic oxidation sites excluding steroid dienone is 4. The van der Waals surface area contributed by atoms with Crippen molar-refractivity contribution < 1.29 is 4.79 Å². The molecule has 7 heteroatoms. The third kappa shape index (κ3) is 5.74. The number of halogens is 1. The van der Waals surface area contributed by atoms with Crippen molar-refractivity contribution in [2.75, 3.05) is 43.5 Å². The molecule has 2 heterocycles. The molecule has 1 aromatic carbocycles. The number of hydrogen-bond donors (Lipinski definition) is 3. The van der Waals surface area contributed by atoms with Gasteiger partial charge in [-0.3, -0.25) is 10.1 Å². The number of nitrogens with one attached hydrogen (secondary N) is 3. The Kier molecular flexibility index (Phi) is 10.3. The van der Waals surface area contributed by atoms with Crippen LogP contribution in [-0.2, 0) is 4.79 Å². The van der Waals surface area contributed by atoms with Crippen LogP contribution in [-0.4, -0.2) is 49.5 Å². The van der Waals surface area contributed by atoms with Crippen LogP contribution in [0.3, 0.4) is 0 Å². The number of hydrazine groups is 1. The topological polar surface area (TPSA) is 59.6 Å². The van der Waals surface area contributed by atoms with E-state index in [4.69, 9.17) is 0 Å². The predicted octanol–water partition coefficient (Wildman–Crippen LogP) is 4.55. The zero-order valence-electron chi connectivity index (χ0n) is 19.9. The van der Waals surface area contributed by atoms with Gasteiger partial charge in [-0.25, -0.2) is 5.43 Å². The standard InChI is InChI=1S/C24H35N5O.CH3Cl/c1-5-7-8-11-20(10-6-2)29-18-26-24(23(29)30)14-16-28(17-15-24)22-13-9-12-21(19(22)3)27-25-4;1-2/h6-10,12-13,25-27H,2,5,11,14-18H2,1,3-4H3;1H3/b8-7-,20-10+;. The van der Waals surface area contributed by atoms with E-state index in [0.717, 1.165) is 50.2 Å². The Morgan fingerprint density at radius 3 is 2.62 bits per heavy atom. The lowest BCUT2D eigenvalue weighted by Crippen LogP contribution is -2.54. The highest BCUT2D eigenvalue weighted by molar-refractivity contribution is 6.15. The Morgan fingerprint density at radius 1 is 1.28 bits per heavy atom. The van der Waals surface area contributed by atoms with Gasteiger partial charge in [-0.1, -0.05) is 37.8 Å². The normalized spacial score (nSPS) is 18.2. The van der Waals surface area contributed by atoms with Crippen molar-refractivity contribution >= 4 is 28.9 Å². The van der Waals surface area contributed by atoms with E-state index in [2.05, 4.69) is 83.4 Å². The monoisotopic (exact) mass is 459 g/mol. The van der Waals surface area contributed by atoms with Gasteiger partial charge in [0.2, 0.25) is 5.91 Å². The Bertz CT molecular complexity index is 828. The molecular weight excluding hydrogens is 422 g/mol. The van der Waals surface area contributed by atoms with Crippen molar-refractivity contribution in [1.82, 2.24) is 15.6 Å². The number of benzene rings is 1. The van der Waals surface area contributed by atoms with Crippen molar-refractivity contribution in [3.05, 3.63) is 60.3 Å². The first kappa shape index (κ1) is 26.0. The van der Waals surface area contributed by atoms with Crippen LogP contribution in [0.2, 0.25) is 0 Å². The first-order valence-electron chi connectivity index (χ1n) is 11.2. The lowest BCUT2D eigenvalue weighted by Gasteiger charge is -2.39. The summed E-state index contributed by atoms with van der Waals surface area (Å²) in [6.45, 7) is 10.4. The second kappa shape index (κ2) is 12.7. The molecule has 1 aromatic rings. The SMILES string of the molecule is C=C/C=C(\C/C=C\CC)N1CNC2(CCN(c3cccc(NNC)c3C)CC2)C1=O.CCl. The highest BCUT2D eigenvalue weighted by Gasteiger charge is 2.48. The number of rotatable bonds is 8. The molecule has 1 amide bonds. The maximum Gasteiger partial charge on any atom is 0.248 e. The van der Waals surface area contributed by atoms with Gasteiger partial charge >= 0.3 is 0 Å². The van der Waals surface area contributed by atoms with E-state index in [1.54, 1.807) is 6.08 Å². The van der Waals surface area contributed by atoms with E-state index < -0.39 is 5.54 Å². The van der Waals surface area contributed by atoms with E-state index in [1.165, 1.54) is 17.6 Å². The molecule has 2 fully saturated rings. The Balaban J connectivity index is 0.00000176. The van der Waals surface area contributed by atoms with Crippen molar-refractivity contribution in [3.8, 4) is 0 Å². The Hall–Kier alpha value is -2.28. The zero-order chi connectivity index (χ0) is 23.6. The lowest BCUT2D eigenvalue weighted by atomic mass is 9.87. The van der Waals surface area contributed by atoms with Gasteiger partial charge in [0.25, 0.3) is 0 Å². The molecule has 0 aliphatic carbocycles. The molecule has 0 radical (unpaired) electrons. The van der Waals surface area contributed by atoms with Crippen molar-refractivity contribution in [3.63, 3.8) is 0 Å². The molecule has 0 unspecified atom stereocenters. The van der Waals surface area contributed by atoms with Crippen LogP contribution in [0.15, 0.2) is 54.8 Å². The maximum absolute atomic E-state index is 13.4. The minimum atomic E-state index is -0.458. The number of carbonyl (C=O) groups is 1. The summed E-state index contributed by atoms with van der Waals surface area (Å²) in [6, 6.07) is 6.31. The fourth-order valence-electron chi connectivity index (χ4n) is 4.40. The molecule has 2 saturated heterocycles. The smallest absolute Gasteiger partial charge is 0.248 e. The maximum atomic E-state index is 13.4. The summed E-state index contributed by atoms with van der Waals surface area (Å²) in [5.41, 5.74) is 10.3. The second-order valence-electron chi connectivity index (χ2n) is 7.94. The average molecular weight is 460 g/mol. The molecule has 32 heavy (non-hydrogen) atoms. The molecule has 6 nitrogen and oxygen atoms in total. The van der Waals surface area contributed by atoms with Crippen molar-refractivity contribution in [2.24, 2.45) is 0 Å². The minimum Gasteiger partial charge on any atom is -0.371 e. The van der Waals surface area contributed by atoms with Crippen LogP contribution < -0.4 is 21.1 Å². The fraction of sp³-hybridized carbons (Fsp3) is 0.480. The Labute approximate surface area is 198 Å². The molecule has 3 N–H and O–H groups in total. The van der Waals surface area contributed by atoms with Crippen molar-refractivity contribution in [1.29, 1.82) is 0 Å². The molecule has 1 spiro atoms. The molecule has 0 aromatic heterocycles. The van der Waals surface area contributed by atoms with Crippen LogP contribution in [0.1, 0.15) is 38.2 Å². The molecule has 0 atom stereocenters. The molecule has 3 rings (SSSR count). The number of anilines is 2. The van der Waals surface area contributed by atoms with E-state index in [9.17, 15) is 4.79 Å². The number of carbonyl (C=O) groups excluding carboxylic acids is 1. The fourth-order valence-corrected chi connectivity index (χ4v) is 4.40. The van der Waals surface area contributed by atoms with Gasteiger partial charge in [0.15, 0.2) is 0 Å². The van der Waals surface area contributed by atoms with E-state index in [0.29, 0.717) is 6.67 Å². The van der Waals surface area contributed by atoms with Crippen molar-refractivity contribution in [2.45, 2.75) is 45.1 Å². The first-order valence-corrected chi connectivity index (χ1v) is 12.0. The van der Waals surface area contributed by atoms with Gasteiger partial charge in [-0.15, -0.1) is 11.6 Å². The average Bonchev–Trinajstić information content (AvgIpc) is 3.12. The quantitative estimate of drug-likeness (QED) is 0.230. The predicted molar refractivity (Wildman–Crippen MR) is 137 cm³/mol. The summed E-state index contributed by atoms with van der Waals surface area (Å²) < 4.78 is 0. The van der Waals surface area contributed by atoms with Gasteiger partial charge in [0.05, 0.1) is 12.4 Å². The summed E-state index contributed by atoms with van der Waals surface area (Å²) in [6.07, 6.45) is 12.8. The molecule has 0 saturated carbocycles. The van der Waals surface area contributed by atoms with Crippen LogP contribution in [0, 0.1) is 6.92 Å². The molecular formula is C25H38ClN5O. The molecule has 2 aliphatic rings. The first-order chi connectivity index (χ1) is 15.6. The number of alkyl halides is 1. The largest absolute Gasteiger partial charge is 0.371 e. The third-order valence-corrected chi connectivity index (χ3v) is 6.14. The van der Waals surface area contributed by atoms with Crippen LogP contribution in [0.25, 0.3) is 0 Å². The van der Waals surface area contributed by atoms with E-state index >= 15 is 0 Å². The van der Waals surface area contributed by atoms with Gasteiger partial charge in [0.1, 0.15) is 5.54 Å². The van der Waals surface area contributed by atoms with Gasteiger partial charge in [0, 0.05) is 44.3 Å². The highest BCUT2D eigenvalue weighted by Crippen LogP contribution is 2.35. The minimum absolute atomic E-state index is 0.197. The lowest BCUT2D eigenvalue weighted by molar-refractivity contribution is -0.131. The van der Waals surface area contributed by atoms with Gasteiger partial charge < -0.3 is 15.2 Å². The second-order valence-corrected chi connectivity index (χ2v) is 7.94. The van der Waals surface area contributed by atoms with Crippen LogP contribution >= 0.6 is 11.6 Å². The molecule has 176 valence electrons. The van der Waals surface area contributed by atoms with Crippen LogP contribution in [0.5, 0.6) is 0 Å². The Morgan fingerprint density at radius 2 is 2.00 bits per heavy atom. The third-order valence-electron chi connectivity index (χ3n) is 6.14. The number of amides is 1. The van der Waals surface area contributed by atoms with E-state index in [1.807, 2.05) is 18.0 Å². The summed E-state index contributed by atoms with van der Waals surface area (Å²) in [7, 11) is 1.87. The number of hydrogen-bond acceptors (Lipinski definition) is 5. The van der Waals surface area contributed by atoms with Crippen LogP contribution in [0.4, 0.5) is 11.4 Å². The van der Waals surface area contributed by atoms with E-state index in [-0.39, 0.29) is 5.91 Å². The number of piperidine rings is 1. The summed E-state index contributed by atoms with van der Waals surface area (Å²) >= 11 is 4.64. The summed E-state index contributed by atoms with van der Waals surface area (Å²) in [5.74, 6) is 0.197. The van der Waals surface area contributed by atoms with Gasteiger partial charge in [-0.05, 0) is 50.0 Å². The number of nitrogens with zero attached hydrogens (tertiary/aromatic N) is 2. The molecule has 2 aliphatic heterocycles. The summed E-state index contributed by atoms with van der Waals surface area (Å²) in [4.78, 5) is 17.7. The zero-order valence-corrected chi connectivity index (χ0v) is 20.6. The van der Waals surface area contributed by atoms with Gasteiger partial charge in [-0.2, -0.15) is 0 Å². The highest BCUT2D eigenvalue weighted by atomic mass is 35.5. The molecule has 0 bridgehead atoms. The summed E-state index contributed by atoms with van der Waals surface area (Å²) in [5, 5.41) is 3.55.